The van der Waals surface area contributed by atoms with Crippen molar-refractivity contribution >= 4 is 17.4 Å². The van der Waals surface area contributed by atoms with Gasteiger partial charge in [-0.15, -0.1) is 0 Å². The lowest BCUT2D eigenvalue weighted by Crippen LogP contribution is -2.17. The SMILES string of the molecule is O=C(Nc1cccc2c1CN(c1ccccn1)C2)C1CC1. The molecule has 0 spiro atoms. The van der Waals surface area contributed by atoms with Crippen LogP contribution >= 0.6 is 0 Å². The number of hydrogen-bond donors (Lipinski definition) is 1. The molecule has 1 saturated carbocycles. The molecule has 4 nitrogen and oxygen atoms in total. The Morgan fingerprint density at radius 1 is 1.14 bits per heavy atom. The summed E-state index contributed by atoms with van der Waals surface area (Å²) in [6.07, 6.45) is 3.87. The normalized spacial score (nSPS) is 16.7. The van der Waals surface area contributed by atoms with Crippen LogP contribution in [0.4, 0.5) is 11.5 Å². The Bertz CT molecular complexity index is 680. The number of benzene rings is 1. The van der Waals surface area contributed by atoms with E-state index in [-0.39, 0.29) is 11.8 Å². The van der Waals surface area contributed by atoms with E-state index in [2.05, 4.69) is 21.3 Å². The first-order chi connectivity index (χ1) is 10.3. The third-order valence-electron chi connectivity index (χ3n) is 4.16. The van der Waals surface area contributed by atoms with Crippen molar-refractivity contribution in [3.05, 3.63) is 53.7 Å². The molecule has 4 heteroatoms. The highest BCUT2D eigenvalue weighted by Crippen LogP contribution is 2.34. The molecule has 0 radical (unpaired) electrons. The second kappa shape index (κ2) is 4.88. The molecular weight excluding hydrogens is 262 g/mol. The van der Waals surface area contributed by atoms with Gasteiger partial charge in [0.1, 0.15) is 5.82 Å². The molecule has 1 N–H and O–H groups in total. The van der Waals surface area contributed by atoms with E-state index in [1.54, 1.807) is 0 Å². The predicted octanol–water partition coefficient (Wildman–Crippen LogP) is 2.95. The standard InChI is InChI=1S/C17H17N3O/c21-17(12-7-8-12)19-15-5-3-4-13-10-20(11-14(13)15)16-6-1-2-9-18-16/h1-6,9,12H,7-8,10-11H2,(H,19,21). The minimum absolute atomic E-state index is 0.166. The van der Waals surface area contributed by atoms with Crippen LogP contribution in [0.2, 0.25) is 0 Å². The Balaban J connectivity index is 1.58. The van der Waals surface area contributed by atoms with Crippen LogP contribution in [0.3, 0.4) is 0 Å². The maximum Gasteiger partial charge on any atom is 0.227 e. The van der Waals surface area contributed by atoms with E-state index in [1.165, 1.54) is 11.1 Å². The van der Waals surface area contributed by atoms with Crippen molar-refractivity contribution < 1.29 is 4.79 Å². The maximum atomic E-state index is 12.0. The maximum absolute atomic E-state index is 12.0. The summed E-state index contributed by atoms with van der Waals surface area (Å²) in [6, 6.07) is 12.1. The van der Waals surface area contributed by atoms with E-state index in [1.807, 2.05) is 36.5 Å². The average Bonchev–Trinajstić information content (AvgIpc) is 3.27. The highest BCUT2D eigenvalue weighted by molar-refractivity contribution is 5.95. The van der Waals surface area contributed by atoms with Crippen molar-refractivity contribution in [3.63, 3.8) is 0 Å². The zero-order valence-electron chi connectivity index (χ0n) is 11.7. The monoisotopic (exact) mass is 279 g/mol. The molecule has 106 valence electrons. The summed E-state index contributed by atoms with van der Waals surface area (Å²) in [6.45, 7) is 1.65. The number of nitrogens with one attached hydrogen (secondary N) is 1. The number of carbonyl (C=O) groups excluding carboxylic acids is 1. The molecular formula is C17H17N3O. The summed E-state index contributed by atoms with van der Waals surface area (Å²) in [5.74, 6) is 1.38. The van der Waals surface area contributed by atoms with Crippen molar-refractivity contribution in [2.45, 2.75) is 25.9 Å². The molecule has 2 aliphatic rings. The number of aromatic nitrogens is 1. The molecule has 2 heterocycles. The molecule has 0 bridgehead atoms. The van der Waals surface area contributed by atoms with Gasteiger partial charge >= 0.3 is 0 Å². The molecule has 1 aromatic carbocycles. The van der Waals surface area contributed by atoms with Crippen molar-refractivity contribution in [2.24, 2.45) is 5.92 Å². The van der Waals surface area contributed by atoms with Crippen molar-refractivity contribution in [1.29, 1.82) is 0 Å². The van der Waals surface area contributed by atoms with Crippen LogP contribution in [-0.4, -0.2) is 10.9 Å². The van der Waals surface area contributed by atoms with Gasteiger partial charge in [-0.05, 0) is 42.2 Å². The average molecular weight is 279 g/mol. The summed E-state index contributed by atoms with van der Waals surface area (Å²) >= 11 is 0. The summed E-state index contributed by atoms with van der Waals surface area (Å²) in [5, 5.41) is 3.09. The third-order valence-corrected chi connectivity index (χ3v) is 4.16. The van der Waals surface area contributed by atoms with Crippen molar-refractivity contribution in [1.82, 2.24) is 4.98 Å². The summed E-state index contributed by atoms with van der Waals surface area (Å²) in [7, 11) is 0. The zero-order chi connectivity index (χ0) is 14.2. The van der Waals surface area contributed by atoms with Gasteiger partial charge in [0.15, 0.2) is 0 Å². The first-order valence-electron chi connectivity index (χ1n) is 7.39. The van der Waals surface area contributed by atoms with E-state index in [9.17, 15) is 4.79 Å². The lowest BCUT2D eigenvalue weighted by Gasteiger charge is -2.16. The second-order valence-corrected chi connectivity index (χ2v) is 5.75. The number of hydrogen-bond acceptors (Lipinski definition) is 3. The van der Waals surface area contributed by atoms with Crippen LogP contribution < -0.4 is 10.2 Å². The molecule has 4 rings (SSSR count). The van der Waals surface area contributed by atoms with Crippen LogP contribution in [0, 0.1) is 5.92 Å². The number of fused-ring (bicyclic) bond motifs is 1. The lowest BCUT2D eigenvalue weighted by molar-refractivity contribution is -0.117. The van der Waals surface area contributed by atoms with Gasteiger partial charge in [-0.1, -0.05) is 18.2 Å². The molecule has 1 aromatic heterocycles. The molecule has 0 atom stereocenters. The summed E-state index contributed by atoms with van der Waals surface area (Å²) in [4.78, 5) is 18.6. The molecule has 1 aliphatic carbocycles. The molecule has 0 unspecified atom stereocenters. The van der Waals surface area contributed by atoms with Crippen molar-refractivity contribution in [3.8, 4) is 0 Å². The van der Waals surface area contributed by atoms with E-state index in [4.69, 9.17) is 0 Å². The minimum Gasteiger partial charge on any atom is -0.348 e. The Labute approximate surface area is 123 Å². The largest absolute Gasteiger partial charge is 0.348 e. The number of carbonyl (C=O) groups is 1. The number of pyridine rings is 1. The summed E-state index contributed by atoms with van der Waals surface area (Å²) in [5.41, 5.74) is 3.45. The minimum atomic E-state index is 0.166. The Morgan fingerprint density at radius 3 is 2.81 bits per heavy atom. The zero-order valence-corrected chi connectivity index (χ0v) is 11.7. The van der Waals surface area contributed by atoms with Crippen LogP contribution in [0.15, 0.2) is 42.6 Å². The number of rotatable bonds is 3. The Hall–Kier alpha value is -2.36. The van der Waals surface area contributed by atoms with Gasteiger partial charge in [-0.2, -0.15) is 0 Å². The molecule has 1 fully saturated rings. The number of anilines is 2. The third kappa shape index (κ3) is 2.37. The Morgan fingerprint density at radius 2 is 2.05 bits per heavy atom. The van der Waals surface area contributed by atoms with Crippen molar-refractivity contribution in [2.75, 3.05) is 10.2 Å². The number of amides is 1. The van der Waals surface area contributed by atoms with Gasteiger partial charge in [-0.25, -0.2) is 4.98 Å². The summed E-state index contributed by atoms with van der Waals surface area (Å²) < 4.78 is 0. The second-order valence-electron chi connectivity index (χ2n) is 5.75. The lowest BCUT2D eigenvalue weighted by atomic mass is 10.1. The fourth-order valence-electron chi connectivity index (χ4n) is 2.82. The van der Waals surface area contributed by atoms with E-state index < -0.39 is 0 Å². The van der Waals surface area contributed by atoms with E-state index in [0.29, 0.717) is 0 Å². The first-order valence-corrected chi connectivity index (χ1v) is 7.39. The molecule has 1 amide bonds. The quantitative estimate of drug-likeness (QED) is 0.939. The topological polar surface area (TPSA) is 45.2 Å². The van der Waals surface area contributed by atoms with E-state index >= 15 is 0 Å². The molecule has 21 heavy (non-hydrogen) atoms. The molecule has 0 saturated heterocycles. The Kier molecular flexibility index (Phi) is 2.88. The fourth-order valence-corrected chi connectivity index (χ4v) is 2.82. The smallest absolute Gasteiger partial charge is 0.227 e. The van der Waals surface area contributed by atoms with Gasteiger partial charge in [0.05, 0.1) is 0 Å². The van der Waals surface area contributed by atoms with Crippen LogP contribution in [0.25, 0.3) is 0 Å². The highest BCUT2D eigenvalue weighted by atomic mass is 16.2. The van der Waals surface area contributed by atoms with Crippen LogP contribution in [0.5, 0.6) is 0 Å². The van der Waals surface area contributed by atoms with Crippen LogP contribution in [-0.2, 0) is 17.9 Å². The first kappa shape index (κ1) is 12.4. The fraction of sp³-hybridized carbons (Fsp3) is 0.294. The van der Waals surface area contributed by atoms with Gasteiger partial charge in [0, 0.05) is 30.9 Å². The van der Waals surface area contributed by atoms with Gasteiger partial charge in [0.25, 0.3) is 0 Å². The van der Waals surface area contributed by atoms with E-state index in [0.717, 1.165) is 37.4 Å². The van der Waals surface area contributed by atoms with Gasteiger partial charge < -0.3 is 10.2 Å². The van der Waals surface area contributed by atoms with Gasteiger partial charge in [-0.3, -0.25) is 4.79 Å². The molecule has 2 aromatic rings. The highest BCUT2D eigenvalue weighted by Gasteiger charge is 2.31. The predicted molar refractivity (Wildman–Crippen MR) is 81.9 cm³/mol. The van der Waals surface area contributed by atoms with Crippen LogP contribution in [0.1, 0.15) is 24.0 Å². The van der Waals surface area contributed by atoms with Gasteiger partial charge in [0.2, 0.25) is 5.91 Å². The number of nitrogens with zero attached hydrogens (tertiary/aromatic N) is 2. The molecule has 1 aliphatic heterocycles.